The summed E-state index contributed by atoms with van der Waals surface area (Å²) in [6.45, 7) is 5.83. The highest BCUT2D eigenvalue weighted by molar-refractivity contribution is 7.98. The van der Waals surface area contributed by atoms with Crippen molar-refractivity contribution >= 4 is 11.8 Å². The first-order chi connectivity index (χ1) is 8.24. The normalized spacial score (nSPS) is 22.0. The van der Waals surface area contributed by atoms with E-state index >= 15 is 0 Å². The van der Waals surface area contributed by atoms with Crippen molar-refractivity contribution in [3.8, 4) is 0 Å². The number of likely N-dealkylation sites (tertiary alicyclic amines) is 1. The van der Waals surface area contributed by atoms with Gasteiger partial charge in [0.05, 0.1) is 0 Å². The molecule has 17 heavy (non-hydrogen) atoms. The van der Waals surface area contributed by atoms with Crippen molar-refractivity contribution in [3.63, 3.8) is 0 Å². The molecule has 0 bridgehead atoms. The van der Waals surface area contributed by atoms with Gasteiger partial charge in [0.1, 0.15) is 5.03 Å². The van der Waals surface area contributed by atoms with E-state index < -0.39 is 0 Å². The van der Waals surface area contributed by atoms with Crippen molar-refractivity contribution in [2.24, 2.45) is 0 Å². The SMILES string of the molecule is CSc1ncccc1[C@@H]1CCCCN1C(C)C. The van der Waals surface area contributed by atoms with Crippen molar-refractivity contribution in [2.45, 2.75) is 50.2 Å². The van der Waals surface area contributed by atoms with Crippen LogP contribution in [-0.2, 0) is 0 Å². The lowest BCUT2D eigenvalue weighted by Crippen LogP contribution is -2.38. The Morgan fingerprint density at radius 3 is 2.94 bits per heavy atom. The first-order valence-electron chi connectivity index (χ1n) is 6.48. The zero-order valence-corrected chi connectivity index (χ0v) is 11.8. The third-order valence-electron chi connectivity index (χ3n) is 3.56. The third-order valence-corrected chi connectivity index (χ3v) is 4.29. The van der Waals surface area contributed by atoms with Crippen LogP contribution in [0.25, 0.3) is 0 Å². The number of hydrogen-bond acceptors (Lipinski definition) is 3. The molecule has 0 radical (unpaired) electrons. The van der Waals surface area contributed by atoms with Crippen molar-refractivity contribution < 1.29 is 0 Å². The quantitative estimate of drug-likeness (QED) is 0.760. The highest BCUT2D eigenvalue weighted by atomic mass is 32.2. The molecule has 94 valence electrons. The number of hydrogen-bond donors (Lipinski definition) is 0. The molecule has 3 heteroatoms. The van der Waals surface area contributed by atoms with Gasteiger partial charge >= 0.3 is 0 Å². The van der Waals surface area contributed by atoms with Gasteiger partial charge in [-0.05, 0) is 45.6 Å². The Hall–Kier alpha value is -0.540. The van der Waals surface area contributed by atoms with Gasteiger partial charge in [0.2, 0.25) is 0 Å². The molecule has 0 spiro atoms. The Kier molecular flexibility index (Phi) is 4.46. The summed E-state index contributed by atoms with van der Waals surface area (Å²) in [4.78, 5) is 7.13. The van der Waals surface area contributed by atoms with Gasteiger partial charge in [0.15, 0.2) is 0 Å². The largest absolute Gasteiger partial charge is 0.294 e. The number of thioether (sulfide) groups is 1. The van der Waals surface area contributed by atoms with E-state index in [0.29, 0.717) is 12.1 Å². The van der Waals surface area contributed by atoms with Gasteiger partial charge in [0.25, 0.3) is 0 Å². The van der Waals surface area contributed by atoms with Crippen LogP contribution in [0.15, 0.2) is 23.4 Å². The maximum Gasteiger partial charge on any atom is 0.100 e. The third kappa shape index (κ3) is 2.83. The molecule has 1 atom stereocenters. The molecule has 0 amide bonds. The second-order valence-corrected chi connectivity index (χ2v) is 5.74. The zero-order valence-electron chi connectivity index (χ0n) is 11.0. The molecule has 0 N–H and O–H groups in total. The molecule has 1 aliphatic rings. The van der Waals surface area contributed by atoms with Gasteiger partial charge < -0.3 is 0 Å². The van der Waals surface area contributed by atoms with Crippen molar-refractivity contribution in [1.82, 2.24) is 9.88 Å². The smallest absolute Gasteiger partial charge is 0.100 e. The van der Waals surface area contributed by atoms with Crippen LogP contribution in [0.1, 0.15) is 44.7 Å². The number of rotatable bonds is 3. The molecular formula is C14H22N2S. The van der Waals surface area contributed by atoms with E-state index in [1.54, 1.807) is 11.8 Å². The molecule has 2 heterocycles. The fraction of sp³-hybridized carbons (Fsp3) is 0.643. The minimum atomic E-state index is 0.569. The topological polar surface area (TPSA) is 16.1 Å². The Morgan fingerprint density at radius 1 is 1.41 bits per heavy atom. The average molecular weight is 250 g/mol. The Bertz CT molecular complexity index is 365. The lowest BCUT2D eigenvalue weighted by atomic mass is 9.95. The second-order valence-electron chi connectivity index (χ2n) is 4.95. The zero-order chi connectivity index (χ0) is 12.3. The van der Waals surface area contributed by atoms with Crippen LogP contribution in [0.2, 0.25) is 0 Å². The van der Waals surface area contributed by atoms with Gasteiger partial charge in [-0.3, -0.25) is 4.90 Å². The van der Waals surface area contributed by atoms with Crippen LogP contribution in [-0.4, -0.2) is 28.7 Å². The highest BCUT2D eigenvalue weighted by Crippen LogP contribution is 2.35. The first kappa shape index (κ1) is 12.9. The molecule has 2 nitrogen and oxygen atoms in total. The standard InChI is InChI=1S/C14H22N2S/c1-11(2)16-10-5-4-8-13(16)12-7-6-9-15-14(12)17-3/h6-7,9,11,13H,4-5,8,10H2,1-3H3/t13-/m0/s1. The van der Waals surface area contributed by atoms with Crippen molar-refractivity contribution in [2.75, 3.05) is 12.8 Å². The summed E-state index contributed by atoms with van der Waals surface area (Å²) in [6, 6.07) is 5.52. The van der Waals surface area contributed by atoms with E-state index in [2.05, 4.69) is 42.1 Å². The van der Waals surface area contributed by atoms with Gasteiger partial charge in [-0.2, -0.15) is 0 Å². The molecule has 2 rings (SSSR count). The average Bonchev–Trinajstić information content (AvgIpc) is 2.38. The summed E-state index contributed by atoms with van der Waals surface area (Å²) in [6.07, 6.45) is 7.98. The molecule has 1 aromatic rings. The number of aromatic nitrogens is 1. The Balaban J connectivity index is 2.29. The van der Waals surface area contributed by atoms with Gasteiger partial charge in [-0.15, -0.1) is 11.8 Å². The highest BCUT2D eigenvalue weighted by Gasteiger charge is 2.27. The summed E-state index contributed by atoms with van der Waals surface area (Å²) in [7, 11) is 0. The molecule has 1 aliphatic heterocycles. The Labute approximate surface area is 109 Å². The van der Waals surface area contributed by atoms with Crippen LogP contribution in [0, 0.1) is 0 Å². The molecular weight excluding hydrogens is 228 g/mol. The summed E-state index contributed by atoms with van der Waals surface area (Å²) < 4.78 is 0. The number of pyridine rings is 1. The van der Waals surface area contributed by atoms with Crippen LogP contribution in [0.3, 0.4) is 0 Å². The van der Waals surface area contributed by atoms with Gasteiger partial charge in [0, 0.05) is 23.8 Å². The Morgan fingerprint density at radius 2 is 2.24 bits per heavy atom. The predicted octanol–water partition coefficient (Wildman–Crippen LogP) is 3.74. The molecule has 1 saturated heterocycles. The summed E-state index contributed by atoms with van der Waals surface area (Å²) >= 11 is 1.77. The number of piperidine rings is 1. The van der Waals surface area contributed by atoms with E-state index in [1.165, 1.54) is 36.4 Å². The van der Waals surface area contributed by atoms with E-state index in [9.17, 15) is 0 Å². The molecule has 0 aromatic carbocycles. The van der Waals surface area contributed by atoms with E-state index in [-0.39, 0.29) is 0 Å². The van der Waals surface area contributed by atoms with Crippen LogP contribution in [0.4, 0.5) is 0 Å². The van der Waals surface area contributed by atoms with Gasteiger partial charge in [-0.25, -0.2) is 4.98 Å². The maximum atomic E-state index is 4.50. The van der Waals surface area contributed by atoms with E-state index in [1.807, 2.05) is 6.20 Å². The maximum absolute atomic E-state index is 4.50. The van der Waals surface area contributed by atoms with E-state index in [0.717, 1.165) is 0 Å². The monoisotopic (exact) mass is 250 g/mol. The fourth-order valence-corrected chi connectivity index (χ4v) is 3.34. The molecule has 0 aliphatic carbocycles. The predicted molar refractivity (Wildman–Crippen MR) is 74.5 cm³/mol. The van der Waals surface area contributed by atoms with Crippen LogP contribution < -0.4 is 0 Å². The lowest BCUT2D eigenvalue weighted by Gasteiger charge is -2.39. The number of nitrogens with zero attached hydrogens (tertiary/aromatic N) is 2. The fourth-order valence-electron chi connectivity index (χ4n) is 2.73. The van der Waals surface area contributed by atoms with E-state index in [4.69, 9.17) is 0 Å². The van der Waals surface area contributed by atoms with Crippen LogP contribution in [0.5, 0.6) is 0 Å². The minimum Gasteiger partial charge on any atom is -0.294 e. The molecule has 0 saturated carbocycles. The minimum absolute atomic E-state index is 0.569. The molecule has 1 aromatic heterocycles. The van der Waals surface area contributed by atoms with Crippen LogP contribution >= 0.6 is 11.8 Å². The summed E-state index contributed by atoms with van der Waals surface area (Å²) in [5, 5.41) is 1.20. The summed E-state index contributed by atoms with van der Waals surface area (Å²) in [5.41, 5.74) is 1.42. The van der Waals surface area contributed by atoms with Crippen molar-refractivity contribution in [1.29, 1.82) is 0 Å². The first-order valence-corrected chi connectivity index (χ1v) is 7.71. The molecule has 1 fully saturated rings. The summed E-state index contributed by atoms with van der Waals surface area (Å²) in [5.74, 6) is 0. The van der Waals surface area contributed by atoms with Gasteiger partial charge in [-0.1, -0.05) is 12.5 Å². The second kappa shape index (κ2) is 5.87. The lowest BCUT2D eigenvalue weighted by molar-refractivity contribution is 0.110. The molecule has 0 unspecified atom stereocenters. The van der Waals surface area contributed by atoms with Crippen molar-refractivity contribution in [3.05, 3.63) is 23.9 Å².